The van der Waals surface area contributed by atoms with Crippen molar-refractivity contribution < 1.29 is 14.7 Å². The molecule has 4 aliphatic carbocycles. The first-order chi connectivity index (χ1) is 12.4. The predicted octanol–water partition coefficient (Wildman–Crippen LogP) is 4.35. The van der Waals surface area contributed by atoms with E-state index in [-0.39, 0.29) is 18.9 Å². The van der Waals surface area contributed by atoms with Gasteiger partial charge in [0.15, 0.2) is 0 Å². The van der Waals surface area contributed by atoms with E-state index in [1.54, 1.807) is 4.90 Å². The Morgan fingerprint density at radius 2 is 1.73 bits per heavy atom. The third kappa shape index (κ3) is 2.54. The first-order valence-corrected chi connectivity index (χ1v) is 10.6. The normalized spacial score (nSPS) is 38.2. The standard InChI is InChI=1S/C21H24BrNO3/c22-17-7-16(21-8-12-3-13(9-21)5-14(4-12)10-21)1-2-18(17)23-11-15(20(25)26)6-19(23)24/h1-2,7,12-15H,3-6,8-11H2,(H,25,26)/t12?,13?,14?,15-,21?/m0/s1. The van der Waals surface area contributed by atoms with Crippen molar-refractivity contribution in [2.75, 3.05) is 11.4 Å². The Labute approximate surface area is 162 Å². The zero-order chi connectivity index (χ0) is 18.1. The lowest BCUT2D eigenvalue weighted by Gasteiger charge is -2.57. The molecule has 26 heavy (non-hydrogen) atoms. The van der Waals surface area contributed by atoms with Crippen LogP contribution in [0.1, 0.15) is 50.5 Å². The molecule has 0 radical (unpaired) electrons. The lowest BCUT2D eigenvalue weighted by Crippen LogP contribution is -2.48. The molecule has 0 spiro atoms. The van der Waals surface area contributed by atoms with E-state index in [0.717, 1.165) is 27.9 Å². The van der Waals surface area contributed by atoms with Crippen LogP contribution in [0, 0.1) is 23.7 Å². The van der Waals surface area contributed by atoms with E-state index in [1.165, 1.54) is 44.1 Å². The van der Waals surface area contributed by atoms with E-state index >= 15 is 0 Å². The fourth-order valence-corrected chi connectivity index (χ4v) is 7.22. The zero-order valence-corrected chi connectivity index (χ0v) is 16.4. The van der Waals surface area contributed by atoms with E-state index in [0.29, 0.717) is 5.41 Å². The van der Waals surface area contributed by atoms with Crippen LogP contribution >= 0.6 is 15.9 Å². The number of rotatable bonds is 3. The van der Waals surface area contributed by atoms with E-state index in [4.69, 9.17) is 0 Å². The van der Waals surface area contributed by atoms with Gasteiger partial charge in [-0.2, -0.15) is 0 Å². The summed E-state index contributed by atoms with van der Waals surface area (Å²) in [4.78, 5) is 25.2. The van der Waals surface area contributed by atoms with Crippen molar-refractivity contribution in [3.8, 4) is 0 Å². The summed E-state index contributed by atoms with van der Waals surface area (Å²) in [6.45, 7) is 0.267. The van der Waals surface area contributed by atoms with Gasteiger partial charge < -0.3 is 10.0 Å². The highest BCUT2D eigenvalue weighted by molar-refractivity contribution is 9.10. The summed E-state index contributed by atoms with van der Waals surface area (Å²) < 4.78 is 0.921. The second-order valence-electron chi connectivity index (χ2n) is 9.11. The van der Waals surface area contributed by atoms with Gasteiger partial charge in [-0.1, -0.05) is 6.07 Å². The number of aliphatic carboxylic acids is 1. The predicted molar refractivity (Wildman–Crippen MR) is 102 cm³/mol. The number of halogens is 1. The second kappa shape index (κ2) is 5.82. The number of amides is 1. The molecule has 1 aliphatic heterocycles. The van der Waals surface area contributed by atoms with Crippen molar-refractivity contribution in [1.29, 1.82) is 0 Å². The largest absolute Gasteiger partial charge is 0.481 e. The number of carbonyl (C=O) groups is 2. The number of benzene rings is 1. The molecule has 4 nitrogen and oxygen atoms in total. The van der Waals surface area contributed by atoms with Crippen molar-refractivity contribution in [3.05, 3.63) is 28.2 Å². The smallest absolute Gasteiger partial charge is 0.308 e. The van der Waals surface area contributed by atoms with Gasteiger partial charge in [-0.15, -0.1) is 0 Å². The van der Waals surface area contributed by atoms with Crippen molar-refractivity contribution >= 4 is 33.5 Å². The SMILES string of the molecule is O=C(O)[C@H]1CC(=O)N(c2ccc(C34CC5CC(CC(C5)C3)C4)cc2Br)C1. The summed E-state index contributed by atoms with van der Waals surface area (Å²) in [5, 5.41) is 9.21. The van der Waals surface area contributed by atoms with E-state index in [2.05, 4.69) is 28.1 Å². The Balaban J connectivity index is 1.44. The minimum absolute atomic E-state index is 0.0957. The number of anilines is 1. The highest BCUT2D eigenvalue weighted by atomic mass is 79.9. The Kier molecular flexibility index (Phi) is 3.76. The van der Waals surface area contributed by atoms with E-state index in [1.807, 2.05) is 6.07 Å². The molecule has 1 heterocycles. The molecule has 6 rings (SSSR count). The maximum Gasteiger partial charge on any atom is 0.308 e. The van der Waals surface area contributed by atoms with Crippen LogP contribution in [0.5, 0.6) is 0 Å². The van der Waals surface area contributed by atoms with E-state index in [9.17, 15) is 14.7 Å². The summed E-state index contributed by atoms with van der Waals surface area (Å²) in [6.07, 6.45) is 8.32. The van der Waals surface area contributed by atoms with Crippen LogP contribution < -0.4 is 4.90 Å². The topological polar surface area (TPSA) is 57.6 Å². The van der Waals surface area contributed by atoms with Crippen LogP contribution in [-0.2, 0) is 15.0 Å². The van der Waals surface area contributed by atoms with E-state index < -0.39 is 11.9 Å². The number of carboxylic acid groups (broad SMARTS) is 1. The fraction of sp³-hybridized carbons (Fsp3) is 0.619. The fourth-order valence-electron chi connectivity index (χ4n) is 6.63. The molecule has 4 saturated carbocycles. The first-order valence-electron chi connectivity index (χ1n) is 9.77. The average Bonchev–Trinajstić information content (AvgIpc) is 2.95. The number of nitrogens with zero attached hydrogens (tertiary/aromatic N) is 1. The number of carbonyl (C=O) groups excluding carboxylic acids is 1. The third-order valence-corrected chi connectivity index (χ3v) is 8.00. The van der Waals surface area contributed by atoms with Gasteiger partial charge >= 0.3 is 5.97 Å². The third-order valence-electron chi connectivity index (χ3n) is 7.36. The Morgan fingerprint density at radius 3 is 2.23 bits per heavy atom. The minimum atomic E-state index is -0.887. The van der Waals surface area contributed by atoms with Gasteiger partial charge in [0, 0.05) is 17.4 Å². The molecule has 0 aromatic heterocycles. The van der Waals surface area contributed by atoms with Crippen LogP contribution in [0.25, 0.3) is 0 Å². The van der Waals surface area contributed by atoms with Crippen LogP contribution in [0.3, 0.4) is 0 Å². The van der Waals surface area contributed by atoms with Gasteiger partial charge in [-0.3, -0.25) is 9.59 Å². The summed E-state index contributed by atoms with van der Waals surface area (Å²) in [5.74, 6) is 1.11. The molecule has 1 N–H and O–H groups in total. The summed E-state index contributed by atoms with van der Waals surface area (Å²) >= 11 is 3.68. The molecule has 1 atom stereocenters. The average molecular weight is 418 g/mol. The Bertz CT molecular complexity index is 754. The quantitative estimate of drug-likeness (QED) is 0.794. The molecule has 138 valence electrons. The maximum atomic E-state index is 12.3. The summed E-state index contributed by atoms with van der Waals surface area (Å²) in [6, 6.07) is 6.44. The van der Waals surface area contributed by atoms with Crippen LogP contribution in [0.2, 0.25) is 0 Å². The second-order valence-corrected chi connectivity index (χ2v) is 9.96. The number of carboxylic acids is 1. The lowest BCUT2D eigenvalue weighted by molar-refractivity contribution is -0.141. The minimum Gasteiger partial charge on any atom is -0.481 e. The van der Waals surface area contributed by atoms with Crippen molar-refractivity contribution in [2.45, 2.75) is 50.4 Å². The molecule has 5 heteroatoms. The highest BCUT2D eigenvalue weighted by Gasteiger charge is 2.51. The zero-order valence-electron chi connectivity index (χ0n) is 14.8. The van der Waals surface area contributed by atoms with Crippen LogP contribution in [0.4, 0.5) is 5.69 Å². The molecule has 5 fully saturated rings. The lowest BCUT2D eigenvalue weighted by atomic mass is 9.48. The molecule has 1 aromatic carbocycles. The summed E-state index contributed by atoms with van der Waals surface area (Å²) in [5.41, 5.74) is 2.55. The Hall–Kier alpha value is -1.36. The number of hydrogen-bond donors (Lipinski definition) is 1. The van der Waals surface area contributed by atoms with Crippen molar-refractivity contribution in [1.82, 2.24) is 0 Å². The molecule has 1 amide bonds. The van der Waals surface area contributed by atoms with Gasteiger partial charge in [-0.05, 0) is 95.3 Å². The molecule has 5 aliphatic rings. The monoisotopic (exact) mass is 417 g/mol. The maximum absolute atomic E-state index is 12.3. The molecule has 0 unspecified atom stereocenters. The summed E-state index contributed by atoms with van der Waals surface area (Å²) in [7, 11) is 0. The molecule has 1 saturated heterocycles. The molecular formula is C21H24BrNO3. The van der Waals surface area contributed by atoms with Gasteiger partial charge in [0.05, 0.1) is 11.6 Å². The van der Waals surface area contributed by atoms with Gasteiger partial charge in [0.2, 0.25) is 5.91 Å². The first kappa shape index (κ1) is 16.8. The number of hydrogen-bond acceptors (Lipinski definition) is 2. The Morgan fingerprint density at radius 1 is 1.12 bits per heavy atom. The van der Waals surface area contributed by atoms with Crippen molar-refractivity contribution in [3.63, 3.8) is 0 Å². The molecule has 4 bridgehead atoms. The van der Waals surface area contributed by atoms with Crippen LogP contribution in [-0.4, -0.2) is 23.5 Å². The van der Waals surface area contributed by atoms with Gasteiger partial charge in [0.1, 0.15) is 0 Å². The van der Waals surface area contributed by atoms with Gasteiger partial charge in [-0.25, -0.2) is 0 Å². The van der Waals surface area contributed by atoms with Crippen LogP contribution in [0.15, 0.2) is 22.7 Å². The molecular weight excluding hydrogens is 394 g/mol. The highest BCUT2D eigenvalue weighted by Crippen LogP contribution is 2.61. The van der Waals surface area contributed by atoms with Gasteiger partial charge in [0.25, 0.3) is 0 Å². The van der Waals surface area contributed by atoms with Crippen molar-refractivity contribution in [2.24, 2.45) is 23.7 Å². The molecule has 1 aromatic rings.